The number of urea groups is 1. The van der Waals surface area contributed by atoms with E-state index in [2.05, 4.69) is 25.8 Å². The van der Waals surface area contributed by atoms with Gasteiger partial charge in [-0.15, -0.1) is 0 Å². The van der Waals surface area contributed by atoms with Crippen molar-refractivity contribution in [2.24, 2.45) is 0 Å². The number of aromatic nitrogens is 5. The number of imidazole rings is 1. The Morgan fingerprint density at radius 1 is 1.38 bits per heavy atom. The van der Waals surface area contributed by atoms with Crippen molar-refractivity contribution in [3.8, 4) is 11.1 Å². The van der Waals surface area contributed by atoms with E-state index >= 15 is 0 Å². The van der Waals surface area contributed by atoms with Crippen molar-refractivity contribution in [2.45, 2.75) is 12.5 Å². The van der Waals surface area contributed by atoms with E-state index in [-0.39, 0.29) is 12.5 Å². The maximum atomic E-state index is 12.2. The Morgan fingerprint density at radius 2 is 2.27 bits per heavy atom. The molecule has 1 saturated heterocycles. The summed E-state index contributed by atoms with van der Waals surface area (Å²) >= 11 is 0. The highest BCUT2D eigenvalue weighted by Crippen LogP contribution is 2.26. The molecule has 0 saturated carbocycles. The first-order valence-electron chi connectivity index (χ1n) is 8.10. The Hall–Kier alpha value is -3.27. The van der Waals surface area contributed by atoms with Gasteiger partial charge >= 0.3 is 6.03 Å². The zero-order valence-electron chi connectivity index (χ0n) is 14.0. The Morgan fingerprint density at radius 3 is 3.08 bits per heavy atom. The summed E-state index contributed by atoms with van der Waals surface area (Å²) in [5.74, 6) is -0.941. The molecule has 0 bridgehead atoms. The number of methoxy groups -OCH3 is 1. The molecule has 1 unspecified atom stereocenters. The van der Waals surface area contributed by atoms with Gasteiger partial charge in [-0.2, -0.15) is 10.2 Å². The number of carbonyl (C=O) groups is 2. The zero-order chi connectivity index (χ0) is 18.1. The minimum absolute atomic E-state index is 0.199. The number of nitrogens with one attached hydrogen (secondary N) is 2. The number of fused-ring (bicyclic) bond motifs is 1. The van der Waals surface area contributed by atoms with Crippen molar-refractivity contribution in [3.63, 3.8) is 0 Å². The fourth-order valence-electron chi connectivity index (χ4n) is 2.90. The quantitative estimate of drug-likeness (QED) is 0.674. The first kappa shape index (κ1) is 16.2. The van der Waals surface area contributed by atoms with Crippen LogP contribution >= 0.6 is 0 Å². The summed E-state index contributed by atoms with van der Waals surface area (Å²) < 4.78 is 8.48. The second-order valence-electron chi connectivity index (χ2n) is 5.92. The predicted molar refractivity (Wildman–Crippen MR) is 90.4 cm³/mol. The van der Waals surface area contributed by atoms with E-state index in [0.29, 0.717) is 24.5 Å². The Bertz CT molecular complexity index is 977. The second kappa shape index (κ2) is 6.56. The van der Waals surface area contributed by atoms with Gasteiger partial charge in [0.15, 0.2) is 5.65 Å². The topological polar surface area (TPSA) is 115 Å². The van der Waals surface area contributed by atoms with Gasteiger partial charge in [-0.1, -0.05) is 0 Å². The highest BCUT2D eigenvalue weighted by molar-refractivity contribution is 6.00. The van der Waals surface area contributed by atoms with Gasteiger partial charge in [-0.3, -0.25) is 14.8 Å². The van der Waals surface area contributed by atoms with Crippen molar-refractivity contribution in [1.29, 1.82) is 0 Å². The van der Waals surface area contributed by atoms with Gasteiger partial charge < -0.3 is 10.1 Å². The largest absolute Gasteiger partial charge is 0.383 e. The van der Waals surface area contributed by atoms with E-state index in [0.717, 1.165) is 11.1 Å². The number of ether oxygens (including phenoxy) is 1. The fourth-order valence-corrected chi connectivity index (χ4v) is 2.90. The third-order valence-electron chi connectivity index (χ3n) is 4.22. The van der Waals surface area contributed by atoms with E-state index in [4.69, 9.17) is 4.74 Å². The predicted octanol–water partition coefficient (Wildman–Crippen LogP) is 0.162. The van der Waals surface area contributed by atoms with E-state index < -0.39 is 11.9 Å². The standard InChI is InChI=1S/C16H17N7O3/c1-26-5-4-22-9-10(7-19-22)11-6-13(21-23-3-2-17-14(11)23)12-8-18-16(25)20-15(12)24/h2-3,6-7,9,12H,4-5,8H2,1H3,(H2,18,20,24,25). The molecule has 0 aromatic carbocycles. The minimum Gasteiger partial charge on any atom is -0.383 e. The lowest BCUT2D eigenvalue weighted by Gasteiger charge is -2.22. The van der Waals surface area contributed by atoms with Crippen LogP contribution in [0, 0.1) is 0 Å². The third kappa shape index (κ3) is 2.90. The summed E-state index contributed by atoms with van der Waals surface area (Å²) in [6, 6.07) is 1.33. The van der Waals surface area contributed by atoms with Gasteiger partial charge in [0.25, 0.3) is 0 Å². The van der Waals surface area contributed by atoms with E-state index in [1.165, 1.54) is 0 Å². The Kier molecular flexibility index (Phi) is 4.09. The molecule has 26 heavy (non-hydrogen) atoms. The SMILES string of the molecule is COCCn1cc(-c2cc(C3CNC(=O)NC3=O)nn3ccnc23)cn1. The van der Waals surface area contributed by atoms with Crippen LogP contribution in [0.25, 0.3) is 16.8 Å². The minimum atomic E-state index is -0.568. The molecule has 0 radical (unpaired) electrons. The lowest BCUT2D eigenvalue weighted by Crippen LogP contribution is -2.51. The molecule has 3 aromatic rings. The lowest BCUT2D eigenvalue weighted by molar-refractivity contribution is -0.122. The Labute approximate surface area is 148 Å². The molecule has 1 fully saturated rings. The molecule has 0 aliphatic carbocycles. The van der Waals surface area contributed by atoms with Gasteiger partial charge in [0.05, 0.1) is 31.0 Å². The van der Waals surface area contributed by atoms with Crippen molar-refractivity contribution in [2.75, 3.05) is 20.3 Å². The summed E-state index contributed by atoms with van der Waals surface area (Å²) in [5, 5.41) is 13.7. The molecule has 10 heteroatoms. The van der Waals surface area contributed by atoms with Crippen LogP contribution in [-0.4, -0.2) is 56.6 Å². The van der Waals surface area contributed by atoms with Crippen LogP contribution in [0.1, 0.15) is 11.6 Å². The van der Waals surface area contributed by atoms with Crippen molar-refractivity contribution in [3.05, 3.63) is 36.5 Å². The number of imide groups is 1. The van der Waals surface area contributed by atoms with E-state index in [1.54, 1.807) is 34.9 Å². The highest BCUT2D eigenvalue weighted by atomic mass is 16.5. The fraction of sp³-hybridized carbons (Fsp3) is 0.312. The van der Waals surface area contributed by atoms with Crippen molar-refractivity contribution in [1.82, 2.24) is 35.0 Å². The first-order valence-corrected chi connectivity index (χ1v) is 8.10. The molecular formula is C16H17N7O3. The number of nitrogens with zero attached hydrogens (tertiary/aromatic N) is 5. The van der Waals surface area contributed by atoms with E-state index in [1.807, 2.05) is 12.3 Å². The van der Waals surface area contributed by atoms with Crippen LogP contribution in [0.3, 0.4) is 0 Å². The number of amides is 3. The lowest BCUT2D eigenvalue weighted by atomic mass is 10.00. The van der Waals surface area contributed by atoms with E-state index in [9.17, 15) is 9.59 Å². The Balaban J connectivity index is 1.74. The molecule has 134 valence electrons. The zero-order valence-corrected chi connectivity index (χ0v) is 14.0. The van der Waals surface area contributed by atoms with Gasteiger partial charge in [0.1, 0.15) is 0 Å². The van der Waals surface area contributed by atoms with Gasteiger partial charge in [-0.25, -0.2) is 14.3 Å². The normalized spacial score (nSPS) is 17.3. The molecule has 3 amide bonds. The molecule has 1 atom stereocenters. The highest BCUT2D eigenvalue weighted by Gasteiger charge is 2.30. The first-order chi connectivity index (χ1) is 12.7. The van der Waals surface area contributed by atoms with Crippen molar-refractivity contribution < 1.29 is 14.3 Å². The molecule has 1 aliphatic heterocycles. The molecule has 3 aromatic heterocycles. The van der Waals surface area contributed by atoms with Crippen LogP contribution < -0.4 is 10.6 Å². The summed E-state index contributed by atoms with van der Waals surface area (Å²) in [6.07, 6.45) is 7.01. The summed E-state index contributed by atoms with van der Waals surface area (Å²) in [7, 11) is 1.64. The van der Waals surface area contributed by atoms with Crippen LogP contribution in [0.4, 0.5) is 4.79 Å². The number of carbonyl (C=O) groups excluding carboxylic acids is 2. The van der Waals surface area contributed by atoms with Crippen LogP contribution in [-0.2, 0) is 16.1 Å². The average molecular weight is 355 g/mol. The molecule has 10 nitrogen and oxygen atoms in total. The molecular weight excluding hydrogens is 338 g/mol. The summed E-state index contributed by atoms with van der Waals surface area (Å²) in [6.45, 7) is 1.39. The molecule has 2 N–H and O–H groups in total. The molecule has 0 spiro atoms. The maximum Gasteiger partial charge on any atom is 0.321 e. The summed E-state index contributed by atoms with van der Waals surface area (Å²) in [4.78, 5) is 27.8. The monoisotopic (exact) mass is 355 g/mol. The van der Waals surface area contributed by atoms with Gasteiger partial charge in [0.2, 0.25) is 5.91 Å². The number of hydrogen-bond acceptors (Lipinski definition) is 6. The average Bonchev–Trinajstić information content (AvgIpc) is 3.28. The van der Waals surface area contributed by atoms with Gasteiger partial charge in [0, 0.05) is 43.4 Å². The van der Waals surface area contributed by atoms with Crippen LogP contribution in [0.5, 0.6) is 0 Å². The maximum absolute atomic E-state index is 12.2. The van der Waals surface area contributed by atoms with Gasteiger partial charge in [-0.05, 0) is 6.07 Å². The molecule has 4 rings (SSSR count). The summed E-state index contributed by atoms with van der Waals surface area (Å²) in [5.41, 5.74) is 2.89. The third-order valence-corrected chi connectivity index (χ3v) is 4.22. The second-order valence-corrected chi connectivity index (χ2v) is 5.92. The van der Waals surface area contributed by atoms with Crippen molar-refractivity contribution >= 4 is 17.6 Å². The number of hydrogen-bond donors (Lipinski definition) is 2. The molecule has 4 heterocycles. The smallest absolute Gasteiger partial charge is 0.321 e. The molecule has 1 aliphatic rings. The number of rotatable bonds is 5. The van der Waals surface area contributed by atoms with Crippen LogP contribution in [0.15, 0.2) is 30.9 Å². The van der Waals surface area contributed by atoms with Crippen LogP contribution in [0.2, 0.25) is 0 Å².